The minimum absolute atomic E-state index is 0.243. The number of hydrogen-bond acceptors (Lipinski definition) is 5. The summed E-state index contributed by atoms with van der Waals surface area (Å²) in [6, 6.07) is -0.625. The van der Waals surface area contributed by atoms with Crippen LogP contribution in [0, 0.1) is 5.92 Å². The first kappa shape index (κ1) is 16.2. The van der Waals surface area contributed by atoms with E-state index in [0.717, 1.165) is 10.7 Å². The molecule has 2 rings (SSSR count). The van der Waals surface area contributed by atoms with Gasteiger partial charge in [0.05, 0.1) is 4.91 Å². The van der Waals surface area contributed by atoms with E-state index >= 15 is 0 Å². The van der Waals surface area contributed by atoms with E-state index in [2.05, 4.69) is 23.6 Å². The number of thioether (sulfide) groups is 2. The third kappa shape index (κ3) is 4.14. The van der Waals surface area contributed by atoms with Gasteiger partial charge in [-0.3, -0.25) is 19.7 Å². The molecule has 0 aromatic carbocycles. The van der Waals surface area contributed by atoms with Crippen molar-refractivity contribution in [3.05, 3.63) is 21.3 Å². The molecule has 114 valence electrons. The van der Waals surface area contributed by atoms with Crippen molar-refractivity contribution in [2.75, 3.05) is 6.26 Å². The summed E-state index contributed by atoms with van der Waals surface area (Å²) in [7, 11) is 0. The number of imide groups is 1. The molecule has 0 spiro atoms. The molecule has 2 atom stereocenters. The summed E-state index contributed by atoms with van der Waals surface area (Å²) in [4.78, 5) is 35.7. The molecule has 3 amide bonds. The van der Waals surface area contributed by atoms with Crippen LogP contribution in [-0.4, -0.2) is 30.0 Å². The largest absolute Gasteiger partial charge is 0.340 e. The average Bonchev–Trinajstić information content (AvgIpc) is 2.49. The zero-order valence-corrected chi connectivity index (χ0v) is 13.6. The van der Waals surface area contributed by atoms with Gasteiger partial charge < -0.3 is 5.32 Å². The van der Waals surface area contributed by atoms with Gasteiger partial charge in [-0.05, 0) is 25.0 Å². The summed E-state index contributed by atoms with van der Waals surface area (Å²) in [6.45, 7) is 2.07. The van der Waals surface area contributed by atoms with Gasteiger partial charge in [-0.25, -0.2) is 0 Å². The molecule has 7 heteroatoms. The Labute approximate surface area is 132 Å². The van der Waals surface area contributed by atoms with Crippen LogP contribution in [0.25, 0.3) is 0 Å². The maximum Gasteiger partial charge on any atom is 0.258 e. The van der Waals surface area contributed by atoms with Gasteiger partial charge in [0.25, 0.3) is 5.91 Å². The number of amides is 3. The summed E-state index contributed by atoms with van der Waals surface area (Å²) in [5.41, 5.74) is 0. The van der Waals surface area contributed by atoms with Gasteiger partial charge in [-0.15, -0.1) is 11.8 Å². The summed E-state index contributed by atoms with van der Waals surface area (Å²) in [6.07, 6.45) is 7.61. The molecule has 5 nitrogen and oxygen atoms in total. The van der Waals surface area contributed by atoms with Crippen LogP contribution in [0.4, 0.5) is 0 Å². The van der Waals surface area contributed by atoms with Crippen LogP contribution in [0.3, 0.4) is 0 Å². The Kier molecular flexibility index (Phi) is 5.52. The van der Waals surface area contributed by atoms with E-state index in [4.69, 9.17) is 0 Å². The first-order chi connectivity index (χ1) is 10.0. The Hall–Kier alpha value is -1.21. The highest BCUT2D eigenvalue weighted by atomic mass is 32.2. The van der Waals surface area contributed by atoms with Crippen molar-refractivity contribution >= 4 is 41.2 Å². The fourth-order valence-electron chi connectivity index (χ4n) is 2.12. The third-order valence-electron chi connectivity index (χ3n) is 3.37. The monoisotopic (exact) mass is 326 g/mol. The van der Waals surface area contributed by atoms with Crippen molar-refractivity contribution in [3.8, 4) is 0 Å². The van der Waals surface area contributed by atoms with Gasteiger partial charge >= 0.3 is 0 Å². The van der Waals surface area contributed by atoms with Crippen molar-refractivity contribution in [3.63, 3.8) is 0 Å². The Morgan fingerprint density at radius 2 is 2.24 bits per heavy atom. The fourth-order valence-corrected chi connectivity index (χ4v) is 3.89. The van der Waals surface area contributed by atoms with Crippen LogP contribution in [0.2, 0.25) is 0 Å². The molecule has 0 saturated carbocycles. The predicted molar refractivity (Wildman–Crippen MR) is 85.4 cm³/mol. The number of piperidine rings is 1. The van der Waals surface area contributed by atoms with Gasteiger partial charge in [0.15, 0.2) is 0 Å². The molecule has 1 saturated heterocycles. The molecule has 0 bridgehead atoms. The Morgan fingerprint density at radius 1 is 1.48 bits per heavy atom. The van der Waals surface area contributed by atoms with Crippen molar-refractivity contribution in [2.45, 2.75) is 32.2 Å². The highest BCUT2D eigenvalue weighted by Gasteiger charge is 2.29. The first-order valence-corrected chi connectivity index (χ1v) is 8.87. The quantitative estimate of drug-likeness (QED) is 0.770. The maximum absolute atomic E-state index is 12.3. The normalized spacial score (nSPS) is 25.8. The lowest BCUT2D eigenvalue weighted by atomic mass is 10.0. The topological polar surface area (TPSA) is 75.3 Å². The van der Waals surface area contributed by atoms with Crippen LogP contribution in [-0.2, 0) is 14.4 Å². The second-order valence-corrected chi connectivity index (χ2v) is 7.06. The minimum Gasteiger partial charge on any atom is -0.340 e. The highest BCUT2D eigenvalue weighted by Crippen LogP contribution is 2.39. The molecule has 0 aromatic rings. The number of nitrogens with one attached hydrogen (secondary N) is 2. The molecule has 1 fully saturated rings. The van der Waals surface area contributed by atoms with Crippen LogP contribution in [0.1, 0.15) is 26.2 Å². The SMILES string of the molecule is CCC1C=C(SC)SC(C(=O)NC2CCC(=O)NC2=O)=C1. The lowest BCUT2D eigenvalue weighted by Gasteiger charge is -2.24. The number of hydrogen-bond donors (Lipinski definition) is 2. The summed E-state index contributed by atoms with van der Waals surface area (Å²) >= 11 is 3.04. The molecule has 0 aromatic heterocycles. The van der Waals surface area contributed by atoms with Crippen LogP contribution >= 0.6 is 23.5 Å². The van der Waals surface area contributed by atoms with Crippen molar-refractivity contribution in [2.24, 2.45) is 5.92 Å². The fraction of sp³-hybridized carbons (Fsp3) is 0.500. The zero-order valence-electron chi connectivity index (χ0n) is 12.0. The molecule has 0 radical (unpaired) electrons. The van der Waals surface area contributed by atoms with Crippen molar-refractivity contribution in [1.29, 1.82) is 0 Å². The van der Waals surface area contributed by atoms with Gasteiger partial charge in [0.2, 0.25) is 11.8 Å². The second-order valence-electron chi connectivity index (χ2n) is 4.87. The van der Waals surface area contributed by atoms with Crippen LogP contribution < -0.4 is 10.6 Å². The number of carbonyl (C=O) groups excluding carboxylic acids is 3. The number of carbonyl (C=O) groups is 3. The lowest BCUT2D eigenvalue weighted by Crippen LogP contribution is -2.52. The molecule has 2 heterocycles. The standard InChI is InChI=1S/C14H18N2O3S2/c1-3-8-6-10(21-12(7-8)20-2)14(19)15-9-4-5-11(17)16-13(9)18/h6-9H,3-5H2,1-2H3,(H,15,19)(H,16,17,18). The highest BCUT2D eigenvalue weighted by molar-refractivity contribution is 8.24. The first-order valence-electron chi connectivity index (χ1n) is 6.83. The summed E-state index contributed by atoms with van der Waals surface area (Å²) in [5.74, 6) is -0.701. The number of rotatable bonds is 4. The van der Waals surface area contributed by atoms with E-state index in [9.17, 15) is 14.4 Å². The van der Waals surface area contributed by atoms with E-state index in [1.807, 2.05) is 12.3 Å². The van der Waals surface area contributed by atoms with Crippen LogP contribution in [0.15, 0.2) is 21.3 Å². The predicted octanol–water partition coefficient (Wildman–Crippen LogP) is 1.77. The van der Waals surface area contributed by atoms with Gasteiger partial charge in [-0.2, -0.15) is 0 Å². The van der Waals surface area contributed by atoms with E-state index in [0.29, 0.717) is 11.3 Å². The Bertz CT molecular complexity index is 528. The van der Waals surface area contributed by atoms with Crippen molar-refractivity contribution < 1.29 is 14.4 Å². The second kappa shape index (κ2) is 7.17. The molecule has 2 aliphatic rings. The lowest BCUT2D eigenvalue weighted by molar-refractivity contribution is -0.136. The molecule has 2 N–H and O–H groups in total. The molecular weight excluding hydrogens is 308 g/mol. The maximum atomic E-state index is 12.3. The Balaban J connectivity index is 2.01. The van der Waals surface area contributed by atoms with Gasteiger partial charge in [0, 0.05) is 10.7 Å². The average molecular weight is 326 g/mol. The third-order valence-corrected chi connectivity index (χ3v) is 5.53. The van der Waals surface area contributed by atoms with E-state index in [-0.39, 0.29) is 24.2 Å². The minimum atomic E-state index is -0.625. The summed E-state index contributed by atoms with van der Waals surface area (Å²) in [5, 5.41) is 4.96. The zero-order chi connectivity index (χ0) is 15.4. The van der Waals surface area contributed by atoms with Gasteiger partial charge in [0.1, 0.15) is 6.04 Å². The molecule has 0 aliphatic carbocycles. The Morgan fingerprint density at radius 3 is 2.86 bits per heavy atom. The van der Waals surface area contributed by atoms with Crippen LogP contribution in [0.5, 0.6) is 0 Å². The molecule has 2 unspecified atom stereocenters. The van der Waals surface area contributed by atoms with Gasteiger partial charge in [-0.1, -0.05) is 30.8 Å². The molecule has 21 heavy (non-hydrogen) atoms. The van der Waals surface area contributed by atoms with Crippen molar-refractivity contribution in [1.82, 2.24) is 10.6 Å². The number of allylic oxidation sites excluding steroid dienone is 2. The van der Waals surface area contributed by atoms with E-state index in [1.165, 1.54) is 11.8 Å². The molecule has 2 aliphatic heterocycles. The van der Waals surface area contributed by atoms with E-state index in [1.54, 1.807) is 11.8 Å². The smallest absolute Gasteiger partial charge is 0.258 e. The molecular formula is C14H18N2O3S2. The van der Waals surface area contributed by atoms with E-state index < -0.39 is 11.9 Å². The summed E-state index contributed by atoms with van der Waals surface area (Å²) < 4.78 is 1.10.